The van der Waals surface area contributed by atoms with E-state index in [1.165, 1.54) is 49.9 Å². The molecule has 1 aromatic heterocycles. The summed E-state index contributed by atoms with van der Waals surface area (Å²) in [4.78, 5) is 28.7. The Balaban J connectivity index is 1.14. The largest absolute Gasteiger partial charge is 0.452 e. The Morgan fingerprint density at radius 1 is 1.15 bits per heavy atom. The van der Waals surface area contributed by atoms with Gasteiger partial charge in [-0.2, -0.15) is 0 Å². The average molecular weight is 385 g/mol. The van der Waals surface area contributed by atoms with Crippen molar-refractivity contribution in [2.24, 2.45) is 23.2 Å². The van der Waals surface area contributed by atoms with Gasteiger partial charge in [0.05, 0.1) is 21.3 Å². The maximum atomic E-state index is 12.2. The number of nitrogens with zero attached hydrogens (tertiary/aromatic N) is 1. The molecule has 27 heavy (non-hydrogen) atoms. The van der Waals surface area contributed by atoms with Crippen LogP contribution in [0.4, 0.5) is 0 Å². The molecule has 4 bridgehead atoms. The zero-order chi connectivity index (χ0) is 18.4. The molecule has 0 atom stereocenters. The summed E-state index contributed by atoms with van der Waals surface area (Å²) in [5.41, 5.74) is 3.37. The lowest BCUT2D eigenvalue weighted by atomic mass is 9.49. The number of benzene rings is 1. The van der Waals surface area contributed by atoms with Gasteiger partial charge in [0.15, 0.2) is 6.61 Å². The summed E-state index contributed by atoms with van der Waals surface area (Å²) >= 11 is 1.48. The topological polar surface area (TPSA) is 68.3 Å². The Kier molecular flexibility index (Phi) is 4.19. The van der Waals surface area contributed by atoms with Gasteiger partial charge < -0.3 is 10.1 Å². The molecule has 6 heteroatoms. The number of esters is 1. The van der Waals surface area contributed by atoms with Crippen LogP contribution < -0.4 is 5.32 Å². The molecule has 4 fully saturated rings. The fourth-order valence-corrected chi connectivity index (χ4v) is 6.76. The molecule has 1 aromatic carbocycles. The maximum Gasteiger partial charge on any atom is 0.338 e. The molecule has 4 saturated carbocycles. The number of hydrogen-bond acceptors (Lipinski definition) is 5. The van der Waals surface area contributed by atoms with Crippen molar-refractivity contribution in [3.05, 3.63) is 29.3 Å². The van der Waals surface area contributed by atoms with Gasteiger partial charge in [-0.1, -0.05) is 0 Å². The second kappa shape index (κ2) is 6.59. The van der Waals surface area contributed by atoms with E-state index in [2.05, 4.69) is 10.3 Å². The number of carbonyl (C=O) groups is 2. The third-order valence-electron chi connectivity index (χ3n) is 6.73. The molecule has 0 spiro atoms. The van der Waals surface area contributed by atoms with Crippen LogP contribution in [0.25, 0.3) is 10.2 Å². The van der Waals surface area contributed by atoms with Crippen LogP contribution in [-0.2, 0) is 9.53 Å². The van der Waals surface area contributed by atoms with E-state index in [0.717, 1.165) is 34.5 Å². The molecule has 1 N–H and O–H groups in total. The van der Waals surface area contributed by atoms with E-state index < -0.39 is 5.97 Å². The summed E-state index contributed by atoms with van der Waals surface area (Å²) in [5, 5.41) is 3.05. The summed E-state index contributed by atoms with van der Waals surface area (Å²) in [6.07, 6.45) is 7.97. The minimum absolute atomic E-state index is 0.196. The molecule has 2 aromatic rings. The highest BCUT2D eigenvalue weighted by atomic mass is 32.1. The van der Waals surface area contributed by atoms with E-state index in [1.807, 2.05) is 0 Å². The van der Waals surface area contributed by atoms with Crippen molar-refractivity contribution >= 4 is 33.4 Å². The predicted octanol–water partition coefficient (Wildman–Crippen LogP) is 3.79. The van der Waals surface area contributed by atoms with Crippen molar-refractivity contribution < 1.29 is 14.3 Å². The first-order valence-corrected chi connectivity index (χ1v) is 10.7. The molecule has 1 heterocycles. The lowest BCUT2D eigenvalue weighted by Gasteiger charge is -2.56. The highest BCUT2D eigenvalue weighted by Gasteiger charge is 2.50. The van der Waals surface area contributed by atoms with Crippen LogP contribution >= 0.6 is 11.3 Å². The molecule has 142 valence electrons. The minimum Gasteiger partial charge on any atom is -0.452 e. The number of nitrogens with one attached hydrogen (secondary N) is 1. The molecule has 1 amide bonds. The first kappa shape index (κ1) is 17.2. The summed E-state index contributed by atoms with van der Waals surface area (Å²) in [6, 6.07) is 5.26. The van der Waals surface area contributed by atoms with Crippen LogP contribution in [0.2, 0.25) is 0 Å². The lowest BCUT2D eigenvalue weighted by molar-refractivity contribution is -0.126. The van der Waals surface area contributed by atoms with Gasteiger partial charge in [-0.3, -0.25) is 4.79 Å². The summed E-state index contributed by atoms with van der Waals surface area (Å²) in [7, 11) is 0. The molecule has 4 aliphatic rings. The van der Waals surface area contributed by atoms with Crippen LogP contribution in [0.5, 0.6) is 0 Å². The summed E-state index contributed by atoms with van der Waals surface area (Å²) < 4.78 is 6.16. The van der Waals surface area contributed by atoms with Gasteiger partial charge >= 0.3 is 5.97 Å². The zero-order valence-electron chi connectivity index (χ0n) is 15.3. The van der Waals surface area contributed by atoms with E-state index in [-0.39, 0.29) is 12.5 Å². The quantitative estimate of drug-likeness (QED) is 0.797. The van der Waals surface area contributed by atoms with Gasteiger partial charge in [-0.15, -0.1) is 11.3 Å². The van der Waals surface area contributed by atoms with Gasteiger partial charge in [0, 0.05) is 6.54 Å². The average Bonchev–Trinajstić information content (AvgIpc) is 3.11. The van der Waals surface area contributed by atoms with Gasteiger partial charge in [0.1, 0.15) is 0 Å². The van der Waals surface area contributed by atoms with Crippen LogP contribution in [0.15, 0.2) is 23.7 Å². The molecule has 5 nitrogen and oxygen atoms in total. The Bertz CT molecular complexity index is 855. The van der Waals surface area contributed by atoms with Crippen LogP contribution in [0, 0.1) is 23.2 Å². The van der Waals surface area contributed by atoms with E-state index in [4.69, 9.17) is 4.74 Å². The minimum atomic E-state index is -0.463. The normalized spacial score (nSPS) is 31.2. The molecular formula is C21H24N2O3S. The summed E-state index contributed by atoms with van der Waals surface area (Å²) in [5.74, 6) is 1.95. The highest BCUT2D eigenvalue weighted by molar-refractivity contribution is 7.16. The Morgan fingerprint density at radius 2 is 1.85 bits per heavy atom. The zero-order valence-corrected chi connectivity index (χ0v) is 16.1. The number of hydrogen-bond donors (Lipinski definition) is 1. The maximum absolute atomic E-state index is 12.2. The third-order valence-corrected chi connectivity index (χ3v) is 7.52. The summed E-state index contributed by atoms with van der Waals surface area (Å²) in [6.45, 7) is 0.519. The van der Waals surface area contributed by atoms with Crippen molar-refractivity contribution in [3.8, 4) is 0 Å². The van der Waals surface area contributed by atoms with Crippen molar-refractivity contribution in [3.63, 3.8) is 0 Å². The second-order valence-electron chi connectivity index (χ2n) is 8.81. The standard InChI is InChI=1S/C21H24N2O3S/c24-19(10-26-20(25)16-1-2-17-18(6-16)27-12-23-17)22-11-21-7-13-3-14(8-21)5-15(4-13)9-21/h1-2,6,12-15H,3-5,7-11H2,(H,22,24). The molecule has 4 aliphatic carbocycles. The molecular weight excluding hydrogens is 360 g/mol. The number of ether oxygens (including phenoxy) is 1. The fourth-order valence-electron chi connectivity index (χ4n) is 6.04. The smallest absolute Gasteiger partial charge is 0.338 e. The van der Waals surface area contributed by atoms with Crippen LogP contribution in [0.1, 0.15) is 48.9 Å². The van der Waals surface area contributed by atoms with Crippen molar-refractivity contribution in [2.75, 3.05) is 13.2 Å². The van der Waals surface area contributed by atoms with E-state index in [1.54, 1.807) is 23.7 Å². The number of carbonyl (C=O) groups excluding carboxylic acids is 2. The number of rotatable bonds is 5. The van der Waals surface area contributed by atoms with E-state index in [0.29, 0.717) is 11.0 Å². The molecule has 6 rings (SSSR count). The first-order valence-electron chi connectivity index (χ1n) is 9.86. The third kappa shape index (κ3) is 3.35. The SMILES string of the molecule is O=C(COC(=O)c1ccc2ncsc2c1)NCC12CC3CC(CC(C3)C1)C2. The molecule has 0 saturated heterocycles. The number of amides is 1. The van der Waals surface area contributed by atoms with Crippen molar-refractivity contribution in [1.82, 2.24) is 10.3 Å². The van der Waals surface area contributed by atoms with Crippen LogP contribution in [-0.4, -0.2) is 30.0 Å². The monoisotopic (exact) mass is 384 g/mol. The second-order valence-corrected chi connectivity index (χ2v) is 9.69. The number of aromatic nitrogens is 1. The van der Waals surface area contributed by atoms with Crippen LogP contribution in [0.3, 0.4) is 0 Å². The Morgan fingerprint density at radius 3 is 2.56 bits per heavy atom. The molecule has 0 unspecified atom stereocenters. The van der Waals surface area contributed by atoms with Gasteiger partial charge in [0.2, 0.25) is 0 Å². The van der Waals surface area contributed by atoms with Gasteiger partial charge in [-0.05, 0) is 79.9 Å². The van der Waals surface area contributed by atoms with Gasteiger partial charge in [0.25, 0.3) is 5.91 Å². The molecule has 0 radical (unpaired) electrons. The Hall–Kier alpha value is -1.95. The molecule has 0 aliphatic heterocycles. The number of fused-ring (bicyclic) bond motifs is 1. The first-order chi connectivity index (χ1) is 13.1. The van der Waals surface area contributed by atoms with E-state index >= 15 is 0 Å². The fraction of sp³-hybridized carbons (Fsp3) is 0.571. The van der Waals surface area contributed by atoms with E-state index in [9.17, 15) is 9.59 Å². The van der Waals surface area contributed by atoms with Crippen molar-refractivity contribution in [2.45, 2.75) is 38.5 Å². The predicted molar refractivity (Wildman–Crippen MR) is 104 cm³/mol. The van der Waals surface area contributed by atoms with Gasteiger partial charge in [-0.25, -0.2) is 9.78 Å². The van der Waals surface area contributed by atoms with Crippen molar-refractivity contribution in [1.29, 1.82) is 0 Å². The highest BCUT2D eigenvalue weighted by Crippen LogP contribution is 2.59. The number of thiazole rings is 1. The lowest BCUT2D eigenvalue weighted by Crippen LogP contribution is -2.51. The Labute approximate surface area is 162 Å².